The summed E-state index contributed by atoms with van der Waals surface area (Å²) in [5, 5.41) is 3.57. The van der Waals surface area contributed by atoms with Crippen LogP contribution in [0.15, 0.2) is 24.3 Å². The second kappa shape index (κ2) is 8.37. The summed E-state index contributed by atoms with van der Waals surface area (Å²) in [4.78, 5) is 0. The Morgan fingerprint density at radius 3 is 2.81 bits per heavy atom. The summed E-state index contributed by atoms with van der Waals surface area (Å²) in [6, 6.07) is 8.39. The number of para-hydroxylation sites is 1. The third-order valence-corrected chi connectivity index (χ3v) is 4.00. The lowest BCUT2D eigenvalue weighted by atomic mass is 9.92. The van der Waals surface area contributed by atoms with Crippen LogP contribution in [0.1, 0.15) is 31.9 Å². The third kappa shape index (κ3) is 4.19. The molecule has 21 heavy (non-hydrogen) atoms. The number of hydrogen-bond donors (Lipinski definition) is 1. The van der Waals surface area contributed by atoms with Gasteiger partial charge in [0.1, 0.15) is 12.4 Å². The average Bonchev–Trinajstić information content (AvgIpc) is 2.92. The first-order valence-electron chi connectivity index (χ1n) is 7.83. The fourth-order valence-electron chi connectivity index (χ4n) is 2.87. The van der Waals surface area contributed by atoms with Crippen molar-refractivity contribution >= 4 is 0 Å². The highest BCUT2D eigenvalue weighted by atomic mass is 16.5. The number of benzene rings is 1. The average molecular weight is 293 g/mol. The van der Waals surface area contributed by atoms with Gasteiger partial charge in [-0.2, -0.15) is 0 Å². The molecule has 0 spiro atoms. The van der Waals surface area contributed by atoms with Gasteiger partial charge in [0.25, 0.3) is 0 Å². The van der Waals surface area contributed by atoms with Crippen molar-refractivity contribution in [3.05, 3.63) is 29.8 Å². The van der Waals surface area contributed by atoms with Gasteiger partial charge in [-0.15, -0.1) is 0 Å². The number of hydrogen-bond acceptors (Lipinski definition) is 4. The van der Waals surface area contributed by atoms with E-state index in [2.05, 4.69) is 31.3 Å². The lowest BCUT2D eigenvalue weighted by Crippen LogP contribution is -2.35. The predicted molar refractivity (Wildman–Crippen MR) is 83.8 cm³/mol. The second-order valence-corrected chi connectivity index (χ2v) is 5.52. The Morgan fingerprint density at radius 1 is 1.33 bits per heavy atom. The van der Waals surface area contributed by atoms with Gasteiger partial charge in [-0.1, -0.05) is 32.0 Å². The van der Waals surface area contributed by atoms with Crippen LogP contribution in [0.25, 0.3) is 0 Å². The fourth-order valence-corrected chi connectivity index (χ4v) is 2.87. The molecule has 1 aromatic rings. The zero-order chi connectivity index (χ0) is 15.1. The molecule has 118 valence electrons. The summed E-state index contributed by atoms with van der Waals surface area (Å²) in [5.74, 6) is 1.48. The fraction of sp³-hybridized carbons (Fsp3) is 0.647. The molecule has 0 radical (unpaired) electrons. The van der Waals surface area contributed by atoms with Gasteiger partial charge >= 0.3 is 0 Å². The Kier molecular flexibility index (Phi) is 6.49. The molecule has 4 heteroatoms. The topological polar surface area (TPSA) is 39.7 Å². The Morgan fingerprint density at radius 2 is 2.14 bits per heavy atom. The SMILES string of the molecule is CCNC(c1ccccc1OCCOC)C1OCCC1C. The molecule has 3 atom stereocenters. The quantitative estimate of drug-likeness (QED) is 0.748. The van der Waals surface area contributed by atoms with Crippen molar-refractivity contribution in [3.8, 4) is 5.75 Å². The number of methoxy groups -OCH3 is 1. The Bertz CT molecular complexity index is 424. The van der Waals surface area contributed by atoms with E-state index >= 15 is 0 Å². The molecule has 0 aliphatic carbocycles. The van der Waals surface area contributed by atoms with Gasteiger partial charge in [-0.05, 0) is 24.9 Å². The maximum Gasteiger partial charge on any atom is 0.124 e. The first-order valence-corrected chi connectivity index (χ1v) is 7.83. The molecule has 1 aliphatic rings. The molecule has 0 saturated carbocycles. The second-order valence-electron chi connectivity index (χ2n) is 5.52. The molecule has 2 rings (SSSR count). The lowest BCUT2D eigenvalue weighted by molar-refractivity contribution is 0.0598. The van der Waals surface area contributed by atoms with Crippen molar-refractivity contribution in [2.24, 2.45) is 5.92 Å². The van der Waals surface area contributed by atoms with E-state index in [1.54, 1.807) is 7.11 Å². The van der Waals surface area contributed by atoms with Crippen LogP contribution in [0, 0.1) is 5.92 Å². The van der Waals surface area contributed by atoms with Crippen LogP contribution in [0.3, 0.4) is 0 Å². The van der Waals surface area contributed by atoms with Gasteiger partial charge in [0.15, 0.2) is 0 Å². The molecule has 1 aromatic carbocycles. The van der Waals surface area contributed by atoms with E-state index in [0.717, 1.165) is 25.3 Å². The number of ether oxygens (including phenoxy) is 3. The van der Waals surface area contributed by atoms with Crippen LogP contribution in [-0.4, -0.2) is 39.6 Å². The maximum absolute atomic E-state index is 5.97. The molecule has 1 saturated heterocycles. The molecule has 1 heterocycles. The summed E-state index contributed by atoms with van der Waals surface area (Å²) in [6.07, 6.45) is 1.33. The maximum atomic E-state index is 5.97. The summed E-state index contributed by atoms with van der Waals surface area (Å²) in [7, 11) is 1.69. The molecule has 3 unspecified atom stereocenters. The van der Waals surface area contributed by atoms with Crippen LogP contribution < -0.4 is 10.1 Å². The highest BCUT2D eigenvalue weighted by Crippen LogP contribution is 2.35. The van der Waals surface area contributed by atoms with Crippen molar-refractivity contribution in [1.29, 1.82) is 0 Å². The van der Waals surface area contributed by atoms with Gasteiger partial charge in [0.2, 0.25) is 0 Å². The highest BCUT2D eigenvalue weighted by molar-refractivity contribution is 5.37. The number of rotatable bonds is 8. The molecule has 1 aliphatic heterocycles. The first-order chi connectivity index (χ1) is 10.3. The minimum absolute atomic E-state index is 0.172. The van der Waals surface area contributed by atoms with E-state index < -0.39 is 0 Å². The van der Waals surface area contributed by atoms with Crippen molar-refractivity contribution in [2.45, 2.75) is 32.4 Å². The zero-order valence-electron chi connectivity index (χ0n) is 13.3. The third-order valence-electron chi connectivity index (χ3n) is 4.00. The smallest absolute Gasteiger partial charge is 0.124 e. The molecule has 0 amide bonds. The van der Waals surface area contributed by atoms with Crippen LogP contribution in [0.2, 0.25) is 0 Å². The molecular formula is C17H27NO3. The van der Waals surface area contributed by atoms with E-state index in [-0.39, 0.29) is 12.1 Å². The first kappa shape index (κ1) is 16.3. The predicted octanol–water partition coefficient (Wildman–Crippen LogP) is 2.79. The van der Waals surface area contributed by atoms with Gasteiger partial charge in [0.05, 0.1) is 18.8 Å². The van der Waals surface area contributed by atoms with Gasteiger partial charge in [-0.3, -0.25) is 0 Å². The van der Waals surface area contributed by atoms with Crippen molar-refractivity contribution in [1.82, 2.24) is 5.32 Å². The molecular weight excluding hydrogens is 266 g/mol. The van der Waals surface area contributed by atoms with Gasteiger partial charge < -0.3 is 19.5 Å². The zero-order valence-corrected chi connectivity index (χ0v) is 13.3. The van der Waals surface area contributed by atoms with E-state index in [0.29, 0.717) is 19.1 Å². The minimum atomic E-state index is 0.172. The molecule has 1 N–H and O–H groups in total. The monoisotopic (exact) mass is 293 g/mol. The number of likely N-dealkylation sites (N-methyl/N-ethyl adjacent to an activating group) is 1. The van der Waals surface area contributed by atoms with E-state index in [9.17, 15) is 0 Å². The van der Waals surface area contributed by atoms with Crippen molar-refractivity contribution in [3.63, 3.8) is 0 Å². The Hall–Kier alpha value is -1.10. The lowest BCUT2D eigenvalue weighted by Gasteiger charge is -2.28. The van der Waals surface area contributed by atoms with Gasteiger partial charge in [0, 0.05) is 19.3 Å². The van der Waals surface area contributed by atoms with Crippen LogP contribution in [0.5, 0.6) is 5.75 Å². The largest absolute Gasteiger partial charge is 0.491 e. The number of nitrogens with one attached hydrogen (secondary N) is 1. The molecule has 0 bridgehead atoms. The molecule has 1 fully saturated rings. The van der Waals surface area contributed by atoms with Crippen LogP contribution in [-0.2, 0) is 9.47 Å². The Labute approximate surface area is 127 Å². The summed E-state index contributed by atoms with van der Waals surface area (Å²) in [6.45, 7) is 7.30. The Balaban J connectivity index is 2.18. The molecule has 0 aromatic heterocycles. The normalized spacial score (nSPS) is 23.2. The van der Waals surface area contributed by atoms with E-state index in [1.165, 1.54) is 5.56 Å². The van der Waals surface area contributed by atoms with Crippen LogP contribution in [0.4, 0.5) is 0 Å². The van der Waals surface area contributed by atoms with Crippen LogP contribution >= 0.6 is 0 Å². The van der Waals surface area contributed by atoms with Crippen molar-refractivity contribution < 1.29 is 14.2 Å². The van der Waals surface area contributed by atoms with E-state index in [1.807, 2.05) is 12.1 Å². The van der Waals surface area contributed by atoms with E-state index in [4.69, 9.17) is 14.2 Å². The summed E-state index contributed by atoms with van der Waals surface area (Å²) in [5.41, 5.74) is 1.18. The highest BCUT2D eigenvalue weighted by Gasteiger charge is 2.33. The minimum Gasteiger partial charge on any atom is -0.491 e. The molecule has 4 nitrogen and oxygen atoms in total. The van der Waals surface area contributed by atoms with Gasteiger partial charge in [-0.25, -0.2) is 0 Å². The standard InChI is InChI=1S/C17H27NO3/c1-4-18-16(17-13(2)9-10-21-17)14-7-5-6-8-15(14)20-12-11-19-3/h5-8,13,16-18H,4,9-12H2,1-3H3. The summed E-state index contributed by atoms with van der Waals surface area (Å²) < 4.78 is 16.9. The van der Waals surface area contributed by atoms with Crippen molar-refractivity contribution in [2.75, 3.05) is 33.5 Å². The summed E-state index contributed by atoms with van der Waals surface area (Å²) >= 11 is 0.